The number of aliphatic hydroxyl groups is 6. The maximum atomic E-state index is 13.6. The van der Waals surface area contributed by atoms with Crippen LogP contribution in [0.5, 0.6) is 23.0 Å². The highest BCUT2D eigenvalue weighted by Crippen LogP contribution is 2.38. The summed E-state index contributed by atoms with van der Waals surface area (Å²) in [5, 5.41) is 80.5. The summed E-state index contributed by atoms with van der Waals surface area (Å²) >= 11 is 0. The standard InChI is InChI=1S/C26H28O14/c1-9-17(30)20(33)22(35)26(37-9)38-12-6-13(28)16-15(7-12)39-23(10-2-4-11(27)5-3-10)24(19(16)32)40-25-21(34)18(31)14(29)8-36-25/h2-7,9,14,17-18,20-22,25-31,33-35H,8H2,1H3/t9-,14-,17-,18-,20-,21-,22+,25-,26-/m0/s1. The van der Waals surface area contributed by atoms with Gasteiger partial charge in [0.25, 0.3) is 0 Å². The van der Waals surface area contributed by atoms with E-state index < -0.39 is 78.8 Å². The Labute approximate surface area is 225 Å². The summed E-state index contributed by atoms with van der Waals surface area (Å²) in [5.41, 5.74) is -0.860. The molecule has 14 nitrogen and oxygen atoms in total. The number of aromatic hydroxyl groups is 2. The number of rotatable bonds is 5. The fourth-order valence-electron chi connectivity index (χ4n) is 4.48. The minimum Gasteiger partial charge on any atom is -0.508 e. The normalized spacial score (nSPS) is 32.6. The maximum absolute atomic E-state index is 13.6. The molecule has 0 radical (unpaired) electrons. The number of phenolic OH excluding ortho intramolecular Hbond substituents is 2. The van der Waals surface area contributed by atoms with Gasteiger partial charge in [0.2, 0.25) is 23.8 Å². The van der Waals surface area contributed by atoms with E-state index in [9.17, 15) is 45.6 Å². The first-order valence-corrected chi connectivity index (χ1v) is 12.3. The highest BCUT2D eigenvalue weighted by molar-refractivity contribution is 5.88. The Morgan fingerprint density at radius 3 is 2.20 bits per heavy atom. The maximum Gasteiger partial charge on any atom is 0.239 e. The van der Waals surface area contributed by atoms with Crippen molar-refractivity contribution in [2.75, 3.05) is 6.61 Å². The minimum absolute atomic E-state index is 0.0848. The fourth-order valence-corrected chi connectivity index (χ4v) is 4.48. The lowest BCUT2D eigenvalue weighted by atomic mass is 10.00. The van der Waals surface area contributed by atoms with Crippen LogP contribution in [0.15, 0.2) is 45.6 Å². The van der Waals surface area contributed by atoms with Crippen molar-refractivity contribution in [1.29, 1.82) is 0 Å². The molecular weight excluding hydrogens is 536 g/mol. The number of hydrogen-bond donors (Lipinski definition) is 8. The van der Waals surface area contributed by atoms with Crippen molar-refractivity contribution >= 4 is 11.0 Å². The number of benzene rings is 2. The number of aliphatic hydroxyl groups excluding tert-OH is 6. The van der Waals surface area contributed by atoms with Crippen LogP contribution in [0.25, 0.3) is 22.3 Å². The van der Waals surface area contributed by atoms with Gasteiger partial charge in [0.05, 0.1) is 12.7 Å². The predicted octanol–water partition coefficient (Wildman–Crippen LogP) is -1.10. The van der Waals surface area contributed by atoms with Crippen molar-refractivity contribution in [2.45, 2.75) is 62.2 Å². The molecule has 3 aromatic rings. The molecule has 9 atom stereocenters. The Morgan fingerprint density at radius 2 is 1.50 bits per heavy atom. The molecule has 5 rings (SSSR count). The molecule has 3 heterocycles. The van der Waals surface area contributed by atoms with Gasteiger partial charge < -0.3 is 64.2 Å². The molecule has 0 spiro atoms. The second-order valence-electron chi connectivity index (χ2n) is 9.62. The van der Waals surface area contributed by atoms with E-state index in [0.29, 0.717) is 0 Å². The van der Waals surface area contributed by atoms with Crippen LogP contribution in [0.1, 0.15) is 6.92 Å². The van der Waals surface area contributed by atoms with Crippen molar-refractivity contribution in [3.05, 3.63) is 46.6 Å². The third kappa shape index (κ3) is 5.07. The lowest BCUT2D eigenvalue weighted by molar-refractivity contribution is -0.268. The SMILES string of the molecule is C[C@@H]1O[C@@H](Oc2cc(O)c3c(=O)c(O[C@@H]4OC[C@H](O)[C@H](O)[C@@H]4O)c(-c4ccc(O)cc4)oc3c2)[C@H](O)[C@@H](O)[C@H]1O. The zero-order valence-electron chi connectivity index (χ0n) is 20.9. The average Bonchev–Trinajstić information content (AvgIpc) is 2.92. The lowest BCUT2D eigenvalue weighted by Gasteiger charge is -2.38. The van der Waals surface area contributed by atoms with Crippen LogP contribution in [-0.4, -0.2) is 103 Å². The molecule has 0 amide bonds. The molecular formula is C26H28O14. The summed E-state index contributed by atoms with van der Waals surface area (Å²) in [7, 11) is 0. The highest BCUT2D eigenvalue weighted by atomic mass is 16.7. The van der Waals surface area contributed by atoms with Crippen LogP contribution in [0.3, 0.4) is 0 Å². The molecule has 0 bridgehead atoms. The van der Waals surface area contributed by atoms with Crippen LogP contribution in [-0.2, 0) is 9.47 Å². The van der Waals surface area contributed by atoms with Gasteiger partial charge in [-0.3, -0.25) is 4.79 Å². The molecule has 0 saturated carbocycles. The third-order valence-electron chi connectivity index (χ3n) is 6.78. The van der Waals surface area contributed by atoms with Crippen LogP contribution < -0.4 is 14.9 Å². The predicted molar refractivity (Wildman–Crippen MR) is 133 cm³/mol. The molecule has 40 heavy (non-hydrogen) atoms. The van der Waals surface area contributed by atoms with Crippen LogP contribution in [0.2, 0.25) is 0 Å². The summed E-state index contributed by atoms with van der Waals surface area (Å²) in [4.78, 5) is 13.6. The molecule has 0 unspecified atom stereocenters. The van der Waals surface area contributed by atoms with E-state index in [4.69, 9.17) is 23.4 Å². The number of hydrogen-bond acceptors (Lipinski definition) is 14. The van der Waals surface area contributed by atoms with E-state index in [2.05, 4.69) is 0 Å². The molecule has 2 aliphatic rings. The molecule has 2 aliphatic heterocycles. The van der Waals surface area contributed by atoms with Crippen molar-refractivity contribution in [3.63, 3.8) is 0 Å². The minimum atomic E-state index is -1.74. The Hall–Kier alpha value is -3.47. The zero-order chi connectivity index (χ0) is 28.9. The first kappa shape index (κ1) is 28.1. The van der Waals surface area contributed by atoms with Gasteiger partial charge in [0, 0.05) is 17.7 Å². The van der Waals surface area contributed by atoms with Crippen LogP contribution in [0.4, 0.5) is 0 Å². The summed E-state index contributed by atoms with van der Waals surface area (Å²) in [6, 6.07) is 7.69. The van der Waals surface area contributed by atoms with E-state index in [1.54, 1.807) is 0 Å². The molecule has 14 heteroatoms. The first-order valence-electron chi connectivity index (χ1n) is 12.3. The van der Waals surface area contributed by atoms with E-state index in [0.717, 1.165) is 6.07 Å². The second-order valence-corrected chi connectivity index (χ2v) is 9.62. The first-order chi connectivity index (χ1) is 19.0. The Kier molecular flexibility index (Phi) is 7.60. The van der Waals surface area contributed by atoms with E-state index >= 15 is 0 Å². The van der Waals surface area contributed by atoms with Gasteiger partial charge in [-0.15, -0.1) is 0 Å². The molecule has 8 N–H and O–H groups in total. The van der Waals surface area contributed by atoms with Crippen molar-refractivity contribution in [2.24, 2.45) is 0 Å². The van der Waals surface area contributed by atoms with Gasteiger partial charge in [0.1, 0.15) is 64.8 Å². The Bertz CT molecular complexity index is 1420. The molecule has 2 saturated heterocycles. The summed E-state index contributed by atoms with van der Waals surface area (Å²) < 4.78 is 27.9. The van der Waals surface area contributed by atoms with Gasteiger partial charge in [-0.25, -0.2) is 0 Å². The van der Waals surface area contributed by atoms with Crippen molar-refractivity contribution in [1.82, 2.24) is 0 Å². The van der Waals surface area contributed by atoms with Gasteiger partial charge >= 0.3 is 0 Å². The van der Waals surface area contributed by atoms with Crippen molar-refractivity contribution in [3.8, 4) is 34.3 Å². The smallest absolute Gasteiger partial charge is 0.239 e. The van der Waals surface area contributed by atoms with Gasteiger partial charge in [-0.05, 0) is 31.2 Å². The van der Waals surface area contributed by atoms with Crippen molar-refractivity contribution < 1.29 is 64.2 Å². The third-order valence-corrected chi connectivity index (χ3v) is 6.78. The molecule has 1 aromatic heterocycles. The van der Waals surface area contributed by atoms with Gasteiger partial charge in [-0.2, -0.15) is 0 Å². The van der Waals surface area contributed by atoms with Crippen LogP contribution >= 0.6 is 0 Å². The second kappa shape index (κ2) is 10.8. The zero-order valence-corrected chi connectivity index (χ0v) is 20.9. The number of fused-ring (bicyclic) bond motifs is 1. The fraction of sp³-hybridized carbons (Fsp3) is 0.423. The monoisotopic (exact) mass is 564 g/mol. The summed E-state index contributed by atoms with van der Waals surface area (Å²) in [6.07, 6.45) is -13.3. The summed E-state index contributed by atoms with van der Waals surface area (Å²) in [5.74, 6) is -1.54. The molecule has 0 aliphatic carbocycles. The molecule has 216 valence electrons. The quantitative estimate of drug-likeness (QED) is 0.184. The van der Waals surface area contributed by atoms with Gasteiger partial charge in [0.15, 0.2) is 5.76 Å². The number of ether oxygens (including phenoxy) is 4. The highest BCUT2D eigenvalue weighted by Gasteiger charge is 2.43. The van der Waals surface area contributed by atoms with E-state index in [1.165, 1.54) is 37.3 Å². The van der Waals surface area contributed by atoms with E-state index in [1.807, 2.05) is 0 Å². The number of phenols is 2. The lowest BCUT2D eigenvalue weighted by Crippen LogP contribution is -2.58. The Morgan fingerprint density at radius 1 is 0.825 bits per heavy atom. The van der Waals surface area contributed by atoms with E-state index in [-0.39, 0.29) is 33.8 Å². The topological polar surface area (TPSA) is 229 Å². The molecule has 2 fully saturated rings. The van der Waals surface area contributed by atoms with Gasteiger partial charge in [-0.1, -0.05) is 0 Å². The summed E-state index contributed by atoms with van der Waals surface area (Å²) in [6.45, 7) is 1.06. The average molecular weight is 564 g/mol. The van der Waals surface area contributed by atoms with Crippen LogP contribution in [0, 0.1) is 0 Å². The largest absolute Gasteiger partial charge is 0.508 e. The Balaban J connectivity index is 1.58. The molecule has 2 aromatic carbocycles.